The topological polar surface area (TPSA) is 114 Å². The molecule has 0 aliphatic heterocycles. The Morgan fingerprint density at radius 3 is 2.63 bits per heavy atom. The number of nitrogens with one attached hydrogen (secondary N) is 1. The summed E-state index contributed by atoms with van der Waals surface area (Å²) in [5, 5.41) is 16.5. The number of aromatic nitrogens is 4. The van der Waals surface area contributed by atoms with E-state index >= 15 is 0 Å². The molecular weight excluding hydrogens is 384 g/mol. The summed E-state index contributed by atoms with van der Waals surface area (Å²) in [6, 6.07) is 6.61. The summed E-state index contributed by atoms with van der Waals surface area (Å²) in [4.78, 5) is 38.7. The third-order valence-corrected chi connectivity index (χ3v) is 5.18. The van der Waals surface area contributed by atoms with Crippen LogP contribution in [0.3, 0.4) is 0 Å². The van der Waals surface area contributed by atoms with Crippen LogP contribution in [0.15, 0.2) is 27.8 Å². The number of carbonyl (C=O) groups is 1. The van der Waals surface area contributed by atoms with E-state index in [0.29, 0.717) is 28.9 Å². The maximum Gasteiger partial charge on any atom is 0.353 e. The van der Waals surface area contributed by atoms with E-state index in [9.17, 15) is 14.4 Å². The highest BCUT2D eigenvalue weighted by molar-refractivity contribution is 5.98. The highest BCUT2D eigenvalue weighted by Gasteiger charge is 2.19. The monoisotopic (exact) mass is 410 g/mol. The van der Waals surface area contributed by atoms with Crippen LogP contribution >= 0.6 is 0 Å². The van der Waals surface area contributed by atoms with Crippen LogP contribution in [-0.4, -0.2) is 30.7 Å². The van der Waals surface area contributed by atoms with Gasteiger partial charge in [0.05, 0.1) is 17.0 Å². The fraction of sp³-hybridized carbons (Fsp3) is 0.476. The molecule has 3 aromatic rings. The van der Waals surface area contributed by atoms with Gasteiger partial charge < -0.3 is 5.32 Å². The van der Waals surface area contributed by atoms with Crippen molar-refractivity contribution in [1.82, 2.24) is 24.1 Å². The molecule has 2 heterocycles. The average molecular weight is 410 g/mol. The van der Waals surface area contributed by atoms with Crippen LogP contribution in [-0.2, 0) is 13.1 Å². The van der Waals surface area contributed by atoms with Crippen LogP contribution in [0.2, 0.25) is 0 Å². The minimum atomic E-state index is -0.519. The third-order valence-electron chi connectivity index (χ3n) is 5.18. The van der Waals surface area contributed by atoms with Gasteiger partial charge in [0.15, 0.2) is 0 Å². The molecule has 0 radical (unpaired) electrons. The standard InChI is InChI=1S/C21H26N6O3/c1-5-14(4)23-18(28)15-6-7-16-17(12-15)27-20(24-26(11-9-22)21(27)30)25(19(16)29)10-8-13(2)3/h6-7,12-14H,5,8,10-11H2,1-4H3,(H,23,28)/t14-/m1/s1. The van der Waals surface area contributed by atoms with Gasteiger partial charge in [-0.3, -0.25) is 14.2 Å². The predicted octanol–water partition coefficient (Wildman–Crippen LogP) is 1.91. The normalized spacial score (nSPS) is 12.4. The van der Waals surface area contributed by atoms with Crippen molar-refractivity contribution in [1.29, 1.82) is 5.26 Å². The predicted molar refractivity (Wildman–Crippen MR) is 114 cm³/mol. The number of rotatable bonds is 7. The van der Waals surface area contributed by atoms with Crippen LogP contribution in [0.1, 0.15) is 50.9 Å². The second-order valence-electron chi connectivity index (χ2n) is 7.89. The molecule has 0 saturated carbocycles. The first kappa shape index (κ1) is 21.3. The van der Waals surface area contributed by atoms with E-state index in [1.807, 2.05) is 33.8 Å². The minimum absolute atomic E-state index is 0.00153. The van der Waals surface area contributed by atoms with Gasteiger partial charge in [-0.25, -0.2) is 9.20 Å². The van der Waals surface area contributed by atoms with Crippen LogP contribution in [0.25, 0.3) is 16.7 Å². The van der Waals surface area contributed by atoms with Crippen LogP contribution in [0, 0.1) is 17.2 Å². The second kappa shape index (κ2) is 8.53. The first-order valence-corrected chi connectivity index (χ1v) is 10.1. The first-order valence-electron chi connectivity index (χ1n) is 10.1. The van der Waals surface area contributed by atoms with Gasteiger partial charge in [-0.05, 0) is 43.9 Å². The van der Waals surface area contributed by atoms with E-state index < -0.39 is 5.69 Å². The van der Waals surface area contributed by atoms with Gasteiger partial charge in [0.1, 0.15) is 6.54 Å². The number of amides is 1. The third kappa shape index (κ3) is 3.85. The summed E-state index contributed by atoms with van der Waals surface area (Å²) in [6.07, 6.45) is 1.51. The van der Waals surface area contributed by atoms with E-state index in [1.54, 1.807) is 12.1 Å². The zero-order chi connectivity index (χ0) is 22.0. The maximum atomic E-state index is 13.2. The number of nitriles is 1. The van der Waals surface area contributed by atoms with E-state index in [4.69, 9.17) is 5.26 Å². The molecule has 9 nitrogen and oxygen atoms in total. The van der Waals surface area contributed by atoms with Crippen molar-refractivity contribution < 1.29 is 4.79 Å². The van der Waals surface area contributed by atoms with Crippen LogP contribution in [0.4, 0.5) is 0 Å². The Hall–Kier alpha value is -3.41. The molecule has 0 aliphatic rings. The van der Waals surface area contributed by atoms with E-state index in [0.717, 1.165) is 17.5 Å². The Bertz CT molecular complexity index is 1260. The SMILES string of the molecule is CC[C@@H](C)NC(=O)c1ccc2c(=O)n(CCC(C)C)c3nn(CC#N)c(=O)n3c2c1. The zero-order valence-electron chi connectivity index (χ0n) is 17.7. The fourth-order valence-electron chi connectivity index (χ4n) is 3.22. The molecule has 0 aliphatic carbocycles. The molecule has 0 bridgehead atoms. The summed E-state index contributed by atoms with van der Waals surface area (Å²) in [5.41, 5.74) is -0.138. The number of hydrogen-bond acceptors (Lipinski definition) is 5. The fourth-order valence-corrected chi connectivity index (χ4v) is 3.22. The van der Waals surface area contributed by atoms with Crippen molar-refractivity contribution in [2.75, 3.05) is 0 Å². The second-order valence-corrected chi connectivity index (χ2v) is 7.89. The highest BCUT2D eigenvalue weighted by Crippen LogP contribution is 2.15. The highest BCUT2D eigenvalue weighted by atomic mass is 16.2. The Kier molecular flexibility index (Phi) is 6.06. The summed E-state index contributed by atoms with van der Waals surface area (Å²) in [6.45, 7) is 8.14. The van der Waals surface area contributed by atoms with Crippen molar-refractivity contribution in [3.63, 3.8) is 0 Å². The number of hydrogen-bond donors (Lipinski definition) is 1. The molecule has 1 N–H and O–H groups in total. The lowest BCUT2D eigenvalue weighted by atomic mass is 10.1. The average Bonchev–Trinajstić information content (AvgIpc) is 3.03. The van der Waals surface area contributed by atoms with Gasteiger partial charge in [-0.2, -0.15) is 9.94 Å². The summed E-state index contributed by atoms with van der Waals surface area (Å²) >= 11 is 0. The molecule has 158 valence electrons. The molecule has 0 saturated heterocycles. The molecule has 1 atom stereocenters. The molecule has 0 fully saturated rings. The van der Waals surface area contributed by atoms with E-state index in [-0.39, 0.29) is 29.8 Å². The smallest absolute Gasteiger partial charge is 0.350 e. The van der Waals surface area contributed by atoms with Gasteiger partial charge in [0.25, 0.3) is 11.5 Å². The molecule has 30 heavy (non-hydrogen) atoms. The van der Waals surface area contributed by atoms with Crippen molar-refractivity contribution in [2.24, 2.45) is 5.92 Å². The number of aryl methyl sites for hydroxylation is 1. The van der Waals surface area contributed by atoms with Crippen LogP contribution in [0.5, 0.6) is 0 Å². The lowest BCUT2D eigenvalue weighted by Crippen LogP contribution is -2.32. The molecular formula is C21H26N6O3. The Morgan fingerprint density at radius 2 is 2.00 bits per heavy atom. The van der Waals surface area contributed by atoms with Gasteiger partial charge in [0.2, 0.25) is 5.78 Å². The Labute approximate surface area is 173 Å². The van der Waals surface area contributed by atoms with Crippen molar-refractivity contribution in [3.05, 3.63) is 44.6 Å². The summed E-state index contributed by atoms with van der Waals surface area (Å²) in [5.74, 6) is 0.251. The van der Waals surface area contributed by atoms with E-state index in [2.05, 4.69) is 10.4 Å². The lowest BCUT2D eigenvalue weighted by Gasteiger charge is -2.13. The van der Waals surface area contributed by atoms with Gasteiger partial charge in [0, 0.05) is 18.2 Å². The summed E-state index contributed by atoms with van der Waals surface area (Å²) in [7, 11) is 0. The van der Waals surface area contributed by atoms with Crippen molar-refractivity contribution in [3.8, 4) is 6.07 Å². The zero-order valence-corrected chi connectivity index (χ0v) is 17.7. The molecule has 1 amide bonds. The molecule has 1 aromatic carbocycles. The molecule has 3 rings (SSSR count). The lowest BCUT2D eigenvalue weighted by molar-refractivity contribution is 0.0939. The minimum Gasteiger partial charge on any atom is -0.350 e. The van der Waals surface area contributed by atoms with Gasteiger partial charge >= 0.3 is 5.69 Å². The largest absolute Gasteiger partial charge is 0.353 e. The van der Waals surface area contributed by atoms with Crippen molar-refractivity contribution >= 4 is 22.6 Å². The van der Waals surface area contributed by atoms with Crippen LogP contribution < -0.4 is 16.6 Å². The number of fused-ring (bicyclic) bond motifs is 3. The van der Waals surface area contributed by atoms with Crippen molar-refractivity contribution in [2.45, 2.75) is 59.7 Å². The molecule has 0 unspecified atom stereocenters. The maximum absolute atomic E-state index is 13.2. The first-order chi connectivity index (χ1) is 14.3. The quantitative estimate of drug-likeness (QED) is 0.639. The number of benzene rings is 1. The molecule has 2 aromatic heterocycles. The number of carbonyl (C=O) groups excluding carboxylic acids is 1. The van der Waals surface area contributed by atoms with Gasteiger partial charge in [-0.15, -0.1) is 5.10 Å². The Balaban J connectivity index is 2.29. The summed E-state index contributed by atoms with van der Waals surface area (Å²) < 4.78 is 3.82. The van der Waals surface area contributed by atoms with E-state index in [1.165, 1.54) is 15.0 Å². The molecule has 9 heteroatoms. The molecule has 0 spiro atoms. The van der Waals surface area contributed by atoms with Gasteiger partial charge in [-0.1, -0.05) is 20.8 Å². The number of nitrogens with zero attached hydrogens (tertiary/aromatic N) is 5. The Morgan fingerprint density at radius 1 is 1.27 bits per heavy atom.